The highest BCUT2D eigenvalue weighted by molar-refractivity contribution is 5.87. The summed E-state index contributed by atoms with van der Waals surface area (Å²) in [7, 11) is 0. The average Bonchev–Trinajstić information content (AvgIpc) is 3.00. The maximum atomic E-state index is 10.4. The Morgan fingerprint density at radius 2 is 0.905 bits per heavy atom. The third kappa shape index (κ3) is 12.4. The van der Waals surface area contributed by atoms with Crippen molar-refractivity contribution >= 4 is 23.8 Å². The largest absolute Gasteiger partial charge is 0.507 e. The Kier molecular flexibility index (Phi) is 15.1. The molecule has 3 rings (SSSR count). The number of aliphatic imine (C=N–C) groups is 2. The smallest absolute Gasteiger partial charge is 0.128 e. The molecule has 226 valence electrons. The van der Waals surface area contributed by atoms with Gasteiger partial charge in [-0.1, -0.05) is 78.1 Å². The van der Waals surface area contributed by atoms with Crippen LogP contribution in [-0.2, 0) is 0 Å². The van der Waals surface area contributed by atoms with Crippen molar-refractivity contribution < 1.29 is 19.7 Å². The van der Waals surface area contributed by atoms with Gasteiger partial charge in [0.25, 0.3) is 0 Å². The first kappa shape index (κ1) is 32.7. The van der Waals surface area contributed by atoms with Crippen LogP contribution in [0.25, 0.3) is 0 Å². The van der Waals surface area contributed by atoms with Gasteiger partial charge in [0, 0.05) is 35.7 Å². The molecule has 6 nitrogen and oxygen atoms in total. The first-order valence-electron chi connectivity index (χ1n) is 15.7. The van der Waals surface area contributed by atoms with Gasteiger partial charge in [-0.25, -0.2) is 0 Å². The normalized spacial score (nSPS) is 11.5. The molecule has 0 bridgehead atoms. The molecule has 42 heavy (non-hydrogen) atoms. The number of aromatic hydroxyl groups is 2. The molecule has 0 heterocycles. The Bertz CT molecular complexity index is 1140. The fourth-order valence-corrected chi connectivity index (χ4v) is 4.50. The number of ether oxygens (including phenoxy) is 2. The first-order valence-corrected chi connectivity index (χ1v) is 15.7. The van der Waals surface area contributed by atoms with E-state index in [1.165, 1.54) is 64.2 Å². The number of benzene rings is 3. The molecule has 0 unspecified atom stereocenters. The summed E-state index contributed by atoms with van der Waals surface area (Å²) >= 11 is 0. The van der Waals surface area contributed by atoms with Gasteiger partial charge < -0.3 is 19.7 Å². The summed E-state index contributed by atoms with van der Waals surface area (Å²) in [6.45, 7) is 5.76. The van der Waals surface area contributed by atoms with Gasteiger partial charge in [-0.3, -0.25) is 9.98 Å². The zero-order chi connectivity index (χ0) is 29.8. The van der Waals surface area contributed by atoms with E-state index in [1.54, 1.807) is 24.6 Å². The number of rotatable bonds is 20. The van der Waals surface area contributed by atoms with Crippen molar-refractivity contribution in [3.8, 4) is 23.0 Å². The summed E-state index contributed by atoms with van der Waals surface area (Å²) in [6.07, 6.45) is 17.8. The maximum Gasteiger partial charge on any atom is 0.128 e. The minimum Gasteiger partial charge on any atom is -0.507 e. The molecule has 0 aliphatic rings. The molecule has 0 amide bonds. The molecule has 0 aliphatic heterocycles. The van der Waals surface area contributed by atoms with E-state index in [2.05, 4.69) is 23.8 Å². The molecule has 0 fully saturated rings. The summed E-state index contributed by atoms with van der Waals surface area (Å²) in [5, 5.41) is 20.8. The van der Waals surface area contributed by atoms with E-state index in [0.29, 0.717) is 35.8 Å². The highest BCUT2D eigenvalue weighted by Crippen LogP contribution is 2.26. The summed E-state index contributed by atoms with van der Waals surface area (Å²) in [4.78, 5) is 8.96. The number of phenols is 2. The van der Waals surface area contributed by atoms with Gasteiger partial charge in [0.2, 0.25) is 0 Å². The third-order valence-electron chi connectivity index (χ3n) is 7.09. The number of unbranched alkanes of at least 4 members (excludes halogenated alkanes) is 10. The molecule has 0 atom stereocenters. The van der Waals surface area contributed by atoms with Crippen molar-refractivity contribution in [1.29, 1.82) is 0 Å². The van der Waals surface area contributed by atoms with Crippen molar-refractivity contribution in [2.45, 2.75) is 90.9 Å². The average molecular weight is 573 g/mol. The van der Waals surface area contributed by atoms with Crippen molar-refractivity contribution in [1.82, 2.24) is 0 Å². The quantitative estimate of drug-likeness (QED) is 0.104. The van der Waals surface area contributed by atoms with Crippen LogP contribution in [0.2, 0.25) is 0 Å². The summed E-state index contributed by atoms with van der Waals surface area (Å²) in [6, 6.07) is 18.1. The van der Waals surface area contributed by atoms with Gasteiger partial charge in [0.1, 0.15) is 23.0 Å². The third-order valence-corrected chi connectivity index (χ3v) is 7.09. The Morgan fingerprint density at radius 3 is 1.29 bits per heavy atom. The van der Waals surface area contributed by atoms with E-state index in [0.717, 1.165) is 24.2 Å². The first-order chi connectivity index (χ1) is 20.6. The van der Waals surface area contributed by atoms with Crippen LogP contribution in [0, 0.1) is 0 Å². The highest BCUT2D eigenvalue weighted by Gasteiger charge is 2.04. The molecular weight excluding hydrogens is 524 g/mol. The Labute approximate surface area is 252 Å². The van der Waals surface area contributed by atoms with Gasteiger partial charge >= 0.3 is 0 Å². The van der Waals surface area contributed by atoms with Gasteiger partial charge in [-0.15, -0.1) is 0 Å². The van der Waals surface area contributed by atoms with E-state index in [1.807, 2.05) is 48.5 Å². The molecule has 2 N–H and O–H groups in total. The van der Waals surface area contributed by atoms with Crippen LogP contribution in [0.4, 0.5) is 11.4 Å². The van der Waals surface area contributed by atoms with E-state index >= 15 is 0 Å². The Balaban J connectivity index is 1.44. The lowest BCUT2D eigenvalue weighted by Gasteiger charge is -2.08. The van der Waals surface area contributed by atoms with E-state index in [4.69, 9.17) is 9.47 Å². The van der Waals surface area contributed by atoms with E-state index < -0.39 is 0 Å². The number of nitrogens with zero attached hydrogens (tertiary/aromatic N) is 2. The van der Waals surface area contributed by atoms with Crippen LogP contribution in [0.15, 0.2) is 70.6 Å². The lowest BCUT2D eigenvalue weighted by Crippen LogP contribution is -1.97. The second-order valence-corrected chi connectivity index (χ2v) is 10.7. The minimum absolute atomic E-state index is 0.138. The van der Waals surface area contributed by atoms with Gasteiger partial charge in [0.15, 0.2) is 0 Å². The van der Waals surface area contributed by atoms with Crippen LogP contribution in [0.1, 0.15) is 102 Å². The lowest BCUT2D eigenvalue weighted by molar-refractivity contribution is 0.302. The SMILES string of the molecule is CCCCCCCCOc1ccc(C=Nc2ccc(N=Cc3ccc(OCCCCCCCC)cc3O)cc2)c(O)c1. The summed E-state index contributed by atoms with van der Waals surface area (Å²) in [5.41, 5.74) is 2.73. The fraction of sp³-hybridized carbons (Fsp3) is 0.444. The molecular formula is C36H48N2O4. The molecule has 0 spiro atoms. The zero-order valence-corrected chi connectivity index (χ0v) is 25.4. The van der Waals surface area contributed by atoms with Crippen LogP contribution >= 0.6 is 0 Å². The second kappa shape index (κ2) is 19.3. The van der Waals surface area contributed by atoms with Gasteiger partial charge in [-0.05, 0) is 61.4 Å². The van der Waals surface area contributed by atoms with Crippen LogP contribution < -0.4 is 9.47 Å². The summed E-state index contributed by atoms with van der Waals surface area (Å²) < 4.78 is 11.6. The monoisotopic (exact) mass is 572 g/mol. The van der Waals surface area contributed by atoms with Gasteiger partial charge in [0.05, 0.1) is 24.6 Å². The van der Waals surface area contributed by atoms with Crippen LogP contribution in [0.5, 0.6) is 23.0 Å². The molecule has 3 aromatic rings. The predicted octanol–water partition coefficient (Wildman–Crippen LogP) is 10.1. The Hall–Kier alpha value is -3.80. The molecule has 0 aromatic heterocycles. The highest BCUT2D eigenvalue weighted by atomic mass is 16.5. The number of phenolic OH excluding ortho intramolecular Hbond substituents is 2. The Morgan fingerprint density at radius 1 is 0.524 bits per heavy atom. The van der Waals surface area contributed by atoms with E-state index in [-0.39, 0.29) is 11.5 Å². The zero-order valence-electron chi connectivity index (χ0n) is 25.4. The maximum absolute atomic E-state index is 10.4. The minimum atomic E-state index is 0.138. The molecule has 0 radical (unpaired) electrons. The van der Waals surface area contributed by atoms with E-state index in [9.17, 15) is 10.2 Å². The van der Waals surface area contributed by atoms with Crippen molar-refractivity contribution in [2.24, 2.45) is 9.98 Å². The number of hydrogen-bond donors (Lipinski definition) is 2. The standard InChI is InChI=1S/C36H48N2O4/c1-3-5-7-9-11-13-23-41-33-21-15-29(35(39)25-33)27-37-31-17-19-32(20-18-31)38-28-30-16-22-34(26-36(30)40)42-24-14-12-10-8-6-4-2/h15-22,25-28,39-40H,3-14,23-24H2,1-2H3. The van der Waals surface area contributed by atoms with Crippen LogP contribution in [0.3, 0.4) is 0 Å². The molecule has 0 saturated heterocycles. The molecule has 0 aliphatic carbocycles. The van der Waals surface area contributed by atoms with Crippen molar-refractivity contribution in [3.63, 3.8) is 0 Å². The van der Waals surface area contributed by atoms with Crippen LogP contribution in [-0.4, -0.2) is 35.9 Å². The van der Waals surface area contributed by atoms with Crippen molar-refractivity contribution in [2.75, 3.05) is 13.2 Å². The summed E-state index contributed by atoms with van der Waals surface area (Å²) in [5.74, 6) is 1.61. The lowest BCUT2D eigenvalue weighted by atomic mass is 10.1. The number of hydrogen-bond acceptors (Lipinski definition) is 6. The fourth-order valence-electron chi connectivity index (χ4n) is 4.50. The molecule has 3 aromatic carbocycles. The predicted molar refractivity (Wildman–Crippen MR) is 175 cm³/mol. The topological polar surface area (TPSA) is 83.6 Å². The second-order valence-electron chi connectivity index (χ2n) is 10.7. The molecule has 0 saturated carbocycles. The van der Waals surface area contributed by atoms with Crippen molar-refractivity contribution in [3.05, 3.63) is 71.8 Å². The van der Waals surface area contributed by atoms with Gasteiger partial charge in [-0.2, -0.15) is 0 Å². The molecule has 6 heteroatoms.